The second-order valence-electron chi connectivity index (χ2n) is 6.43. The van der Waals surface area contributed by atoms with Crippen LogP contribution in [-0.4, -0.2) is 18.2 Å². The minimum Gasteiger partial charge on any atom is -0.279 e. The van der Waals surface area contributed by atoms with E-state index in [9.17, 15) is 21.6 Å². The van der Waals surface area contributed by atoms with Crippen LogP contribution in [0, 0.1) is 0 Å². The van der Waals surface area contributed by atoms with Crippen molar-refractivity contribution in [3.63, 3.8) is 0 Å². The Bertz CT molecular complexity index is 1080. The predicted molar refractivity (Wildman–Crippen MR) is 100 cm³/mol. The topological polar surface area (TPSA) is 64.0 Å². The van der Waals surface area contributed by atoms with E-state index in [1.807, 2.05) is 13.8 Å². The Morgan fingerprint density at radius 3 is 2.21 bits per heavy atom. The minimum absolute atomic E-state index is 0.131. The van der Waals surface area contributed by atoms with Gasteiger partial charge in [0.25, 0.3) is 10.0 Å². The number of nitrogens with one attached hydrogen (secondary N) is 1. The zero-order valence-corrected chi connectivity index (χ0v) is 15.9. The highest BCUT2D eigenvalue weighted by atomic mass is 32.2. The maximum absolute atomic E-state index is 13.2. The molecule has 3 aromatic rings. The van der Waals surface area contributed by atoms with Crippen molar-refractivity contribution in [1.82, 2.24) is 9.78 Å². The van der Waals surface area contributed by atoms with Gasteiger partial charge in [-0.3, -0.25) is 9.40 Å². The number of nitrogens with zero attached hydrogens (tertiary/aromatic N) is 2. The Labute approximate surface area is 160 Å². The van der Waals surface area contributed by atoms with Gasteiger partial charge in [0.15, 0.2) is 0 Å². The van der Waals surface area contributed by atoms with E-state index in [0.717, 1.165) is 12.1 Å². The summed E-state index contributed by atoms with van der Waals surface area (Å²) in [7, 11) is -4.32. The second-order valence-corrected chi connectivity index (χ2v) is 8.08. The fraction of sp³-hybridized carbons (Fsp3) is 0.211. The molecule has 0 saturated heterocycles. The molecule has 0 spiro atoms. The number of benzene rings is 2. The van der Waals surface area contributed by atoms with Crippen LogP contribution in [0.5, 0.6) is 0 Å². The summed E-state index contributed by atoms with van der Waals surface area (Å²) in [6.45, 7) is 3.65. The van der Waals surface area contributed by atoms with Crippen LogP contribution in [0.15, 0.2) is 65.7 Å². The number of sulfonamides is 1. The lowest BCUT2D eigenvalue weighted by atomic mass is 10.2. The quantitative estimate of drug-likeness (QED) is 0.648. The molecule has 1 aromatic heterocycles. The minimum atomic E-state index is -4.69. The van der Waals surface area contributed by atoms with Crippen LogP contribution in [0.1, 0.15) is 25.5 Å². The third kappa shape index (κ3) is 4.04. The van der Waals surface area contributed by atoms with Gasteiger partial charge in [-0.05, 0) is 26.0 Å². The molecule has 0 aliphatic heterocycles. The standard InChI is InChI=1S/C19H18F3N3O2S/c1-13(2)25-12-17(18(23-25)14-8-4-3-5-9-14)28(26,27)24-16-11-7-6-10-15(16)19(20,21)22/h3-13,24H,1-2H3. The van der Waals surface area contributed by atoms with Gasteiger partial charge in [-0.1, -0.05) is 42.5 Å². The smallest absolute Gasteiger partial charge is 0.279 e. The van der Waals surface area contributed by atoms with E-state index in [-0.39, 0.29) is 16.6 Å². The molecule has 2 aromatic carbocycles. The van der Waals surface area contributed by atoms with Crippen molar-refractivity contribution in [2.75, 3.05) is 4.72 Å². The highest BCUT2D eigenvalue weighted by Crippen LogP contribution is 2.36. The molecule has 0 atom stereocenters. The van der Waals surface area contributed by atoms with E-state index in [0.29, 0.717) is 5.56 Å². The number of aromatic nitrogens is 2. The molecule has 1 N–H and O–H groups in total. The predicted octanol–water partition coefficient (Wildman–Crippen LogP) is 4.95. The van der Waals surface area contributed by atoms with Crippen LogP contribution in [0.2, 0.25) is 0 Å². The first-order chi connectivity index (χ1) is 13.1. The zero-order chi connectivity index (χ0) is 20.5. The van der Waals surface area contributed by atoms with Crippen LogP contribution < -0.4 is 4.72 Å². The largest absolute Gasteiger partial charge is 0.418 e. The molecular formula is C19H18F3N3O2S. The molecule has 28 heavy (non-hydrogen) atoms. The van der Waals surface area contributed by atoms with Gasteiger partial charge in [0.05, 0.1) is 11.3 Å². The Balaban J connectivity index is 2.11. The summed E-state index contributed by atoms with van der Waals surface area (Å²) >= 11 is 0. The van der Waals surface area contributed by atoms with Crippen LogP contribution in [0.4, 0.5) is 18.9 Å². The van der Waals surface area contributed by atoms with Gasteiger partial charge in [0.2, 0.25) is 0 Å². The Morgan fingerprint density at radius 2 is 1.61 bits per heavy atom. The van der Waals surface area contributed by atoms with Gasteiger partial charge in [0.1, 0.15) is 10.6 Å². The van der Waals surface area contributed by atoms with Gasteiger partial charge < -0.3 is 0 Å². The summed E-state index contributed by atoms with van der Waals surface area (Å²) < 4.78 is 69.2. The number of anilines is 1. The average Bonchev–Trinajstić information content (AvgIpc) is 3.08. The molecular weight excluding hydrogens is 391 g/mol. The summed E-state index contributed by atoms with van der Waals surface area (Å²) in [6.07, 6.45) is -3.37. The third-order valence-corrected chi connectivity index (χ3v) is 5.41. The van der Waals surface area contributed by atoms with E-state index in [1.165, 1.54) is 23.0 Å². The average molecular weight is 409 g/mol. The van der Waals surface area contributed by atoms with Gasteiger partial charge in [-0.25, -0.2) is 8.42 Å². The van der Waals surface area contributed by atoms with Crippen LogP contribution in [0.25, 0.3) is 11.3 Å². The lowest BCUT2D eigenvalue weighted by Crippen LogP contribution is -2.17. The Morgan fingerprint density at radius 1 is 1.00 bits per heavy atom. The summed E-state index contributed by atoms with van der Waals surface area (Å²) in [5.41, 5.74) is -0.875. The Hall–Kier alpha value is -2.81. The van der Waals surface area contributed by atoms with Gasteiger partial charge in [-0.2, -0.15) is 18.3 Å². The summed E-state index contributed by atoms with van der Waals surface area (Å²) in [5.74, 6) is 0. The van der Waals surface area contributed by atoms with Crippen LogP contribution in [0.3, 0.4) is 0 Å². The molecule has 0 unspecified atom stereocenters. The van der Waals surface area contributed by atoms with Crippen molar-refractivity contribution >= 4 is 15.7 Å². The monoisotopic (exact) mass is 409 g/mol. The molecule has 5 nitrogen and oxygen atoms in total. The van der Waals surface area contributed by atoms with Crippen molar-refractivity contribution in [2.45, 2.75) is 31.0 Å². The number of rotatable bonds is 5. The van der Waals surface area contributed by atoms with E-state index in [2.05, 4.69) is 9.82 Å². The molecule has 3 rings (SSSR count). The van der Waals surface area contributed by atoms with Crippen molar-refractivity contribution in [3.8, 4) is 11.3 Å². The molecule has 0 amide bonds. The highest BCUT2D eigenvalue weighted by molar-refractivity contribution is 7.92. The zero-order valence-electron chi connectivity index (χ0n) is 15.1. The van der Waals surface area contributed by atoms with Crippen LogP contribution >= 0.6 is 0 Å². The van der Waals surface area contributed by atoms with E-state index < -0.39 is 27.5 Å². The fourth-order valence-corrected chi connectivity index (χ4v) is 3.89. The first-order valence-electron chi connectivity index (χ1n) is 8.43. The van der Waals surface area contributed by atoms with E-state index >= 15 is 0 Å². The van der Waals surface area contributed by atoms with E-state index in [4.69, 9.17) is 0 Å². The fourth-order valence-electron chi connectivity index (χ4n) is 2.65. The number of hydrogen-bond donors (Lipinski definition) is 1. The van der Waals surface area contributed by atoms with Gasteiger partial charge >= 0.3 is 6.18 Å². The molecule has 0 aliphatic rings. The molecule has 9 heteroatoms. The van der Waals surface area contributed by atoms with Crippen LogP contribution in [-0.2, 0) is 16.2 Å². The van der Waals surface area contributed by atoms with Crippen molar-refractivity contribution in [2.24, 2.45) is 0 Å². The third-order valence-electron chi connectivity index (χ3n) is 4.04. The maximum Gasteiger partial charge on any atom is 0.418 e. The summed E-state index contributed by atoms with van der Waals surface area (Å²) in [4.78, 5) is -0.190. The molecule has 0 radical (unpaired) electrons. The molecule has 148 valence electrons. The highest BCUT2D eigenvalue weighted by Gasteiger charge is 2.35. The Kier molecular flexibility index (Phi) is 5.20. The first-order valence-corrected chi connectivity index (χ1v) is 9.91. The van der Waals surface area contributed by atoms with Crippen molar-refractivity contribution in [1.29, 1.82) is 0 Å². The molecule has 0 bridgehead atoms. The number of hydrogen-bond acceptors (Lipinski definition) is 3. The maximum atomic E-state index is 13.2. The summed E-state index contributed by atoms with van der Waals surface area (Å²) in [6, 6.07) is 12.9. The molecule has 0 aliphatic carbocycles. The van der Waals surface area contributed by atoms with Crippen molar-refractivity contribution < 1.29 is 21.6 Å². The molecule has 0 fully saturated rings. The molecule has 0 saturated carbocycles. The van der Waals surface area contributed by atoms with Gasteiger partial charge in [-0.15, -0.1) is 0 Å². The van der Waals surface area contributed by atoms with Crippen molar-refractivity contribution in [3.05, 3.63) is 66.4 Å². The van der Waals surface area contributed by atoms with E-state index in [1.54, 1.807) is 30.3 Å². The summed E-state index contributed by atoms with van der Waals surface area (Å²) in [5, 5.41) is 4.33. The number of alkyl halides is 3. The number of para-hydroxylation sites is 1. The lowest BCUT2D eigenvalue weighted by Gasteiger charge is -2.14. The van der Waals surface area contributed by atoms with Gasteiger partial charge in [0, 0.05) is 17.8 Å². The lowest BCUT2D eigenvalue weighted by molar-refractivity contribution is -0.136. The second kappa shape index (κ2) is 7.31. The normalized spacial score (nSPS) is 12.4. The number of halogens is 3. The molecule has 1 heterocycles. The SMILES string of the molecule is CC(C)n1cc(S(=O)(=O)Nc2ccccc2C(F)(F)F)c(-c2ccccc2)n1. The first kappa shape index (κ1) is 19.9.